The second-order valence-electron chi connectivity index (χ2n) is 10.3. The maximum atomic E-state index is 13.9. The third kappa shape index (κ3) is 7.87. The first-order valence-corrected chi connectivity index (χ1v) is 11.9. The maximum absolute atomic E-state index is 13.9. The lowest BCUT2D eigenvalue weighted by Crippen LogP contribution is -2.58. The molecule has 0 heterocycles. The van der Waals surface area contributed by atoms with E-state index in [4.69, 9.17) is 10.5 Å². The van der Waals surface area contributed by atoms with Crippen LogP contribution in [0.25, 0.3) is 0 Å². The van der Waals surface area contributed by atoms with Crippen LogP contribution in [0.15, 0.2) is 18.2 Å². The topological polar surface area (TPSA) is 151 Å². The third-order valence-electron chi connectivity index (χ3n) is 5.61. The molecule has 194 valence electrons. The largest absolute Gasteiger partial charge is 0.508 e. The fourth-order valence-electron chi connectivity index (χ4n) is 3.86. The first-order chi connectivity index (χ1) is 16.2. The quantitative estimate of drug-likeness (QED) is 0.417. The average molecular weight is 491 g/mol. The van der Waals surface area contributed by atoms with Crippen molar-refractivity contribution in [2.45, 2.75) is 97.0 Å². The number of aryl methyl sites for hydroxylation is 1. The summed E-state index contributed by atoms with van der Waals surface area (Å²) < 4.78 is 5.27. The van der Waals surface area contributed by atoms with E-state index in [1.54, 1.807) is 39.8 Å². The smallest absolute Gasteiger partial charge is 0.408 e. The fourth-order valence-corrected chi connectivity index (χ4v) is 3.86. The minimum atomic E-state index is -1.31. The number of amides is 4. The van der Waals surface area contributed by atoms with E-state index in [0.717, 1.165) is 6.42 Å². The molecular formula is C25H38N4O6. The van der Waals surface area contributed by atoms with Crippen molar-refractivity contribution in [3.05, 3.63) is 29.3 Å². The fraction of sp³-hybridized carbons (Fsp3) is 0.600. The van der Waals surface area contributed by atoms with Crippen molar-refractivity contribution < 1.29 is 29.0 Å². The molecule has 1 aliphatic rings. The van der Waals surface area contributed by atoms with Crippen LogP contribution >= 0.6 is 0 Å². The summed E-state index contributed by atoms with van der Waals surface area (Å²) in [4.78, 5) is 53.0. The highest BCUT2D eigenvalue weighted by molar-refractivity contribution is 5.95. The van der Waals surface area contributed by atoms with Gasteiger partial charge >= 0.3 is 6.09 Å². The minimum Gasteiger partial charge on any atom is -0.508 e. The van der Waals surface area contributed by atoms with Crippen LogP contribution in [0.2, 0.25) is 0 Å². The standard InChI is InChI=1S/C25H38N4O6/c1-14(2)27-22(32)21(16-10-11-19(30)15(3)12-16)29(17-8-7-9-17)23(33)18(13-20(26)31)28-24(34)35-25(4,5)6/h10-12,14,17-18,21,30H,7-9,13H2,1-6H3,(H2,26,31)(H,27,32)(H,28,34). The van der Waals surface area contributed by atoms with E-state index >= 15 is 0 Å². The summed E-state index contributed by atoms with van der Waals surface area (Å²) in [5.41, 5.74) is 5.64. The Kier molecular flexibility index (Phi) is 9.12. The van der Waals surface area contributed by atoms with E-state index in [0.29, 0.717) is 24.0 Å². The van der Waals surface area contributed by atoms with Gasteiger partial charge in [0.25, 0.3) is 0 Å². The Balaban J connectivity index is 2.52. The number of carbonyl (C=O) groups excluding carboxylic acids is 4. The number of ether oxygens (including phenoxy) is 1. The van der Waals surface area contributed by atoms with Crippen molar-refractivity contribution in [1.82, 2.24) is 15.5 Å². The molecule has 4 amide bonds. The SMILES string of the molecule is Cc1cc(C(C(=O)NC(C)C)N(C(=O)C(CC(N)=O)NC(=O)OC(C)(C)C)C2CCC2)ccc1O. The van der Waals surface area contributed by atoms with Gasteiger partial charge in [-0.1, -0.05) is 6.07 Å². The molecule has 0 aliphatic heterocycles. The zero-order valence-electron chi connectivity index (χ0n) is 21.4. The van der Waals surface area contributed by atoms with Crippen LogP contribution in [0.1, 0.15) is 77.5 Å². The second-order valence-corrected chi connectivity index (χ2v) is 10.3. The van der Waals surface area contributed by atoms with Crippen LogP contribution in [0, 0.1) is 6.92 Å². The molecule has 0 radical (unpaired) electrons. The number of hydrogen-bond acceptors (Lipinski definition) is 6. The Bertz CT molecular complexity index is 952. The lowest BCUT2D eigenvalue weighted by molar-refractivity contribution is -0.148. The third-order valence-corrected chi connectivity index (χ3v) is 5.61. The number of alkyl carbamates (subject to hydrolysis) is 1. The summed E-state index contributed by atoms with van der Waals surface area (Å²) in [7, 11) is 0. The Hall–Kier alpha value is -3.30. The van der Waals surface area contributed by atoms with Crippen molar-refractivity contribution in [2.75, 3.05) is 0 Å². The normalized spacial score (nSPS) is 15.5. The van der Waals surface area contributed by atoms with E-state index in [2.05, 4.69) is 10.6 Å². The van der Waals surface area contributed by atoms with Gasteiger partial charge in [0.1, 0.15) is 23.4 Å². The van der Waals surface area contributed by atoms with E-state index < -0.39 is 47.9 Å². The Labute approximate surface area is 206 Å². The van der Waals surface area contributed by atoms with Crippen molar-refractivity contribution in [2.24, 2.45) is 5.73 Å². The number of aromatic hydroxyl groups is 1. The van der Waals surface area contributed by atoms with Crippen molar-refractivity contribution in [1.29, 1.82) is 0 Å². The number of nitrogens with two attached hydrogens (primary N) is 1. The van der Waals surface area contributed by atoms with Gasteiger partial charge in [-0.05, 0) is 84.1 Å². The summed E-state index contributed by atoms with van der Waals surface area (Å²) in [5, 5.41) is 15.3. The van der Waals surface area contributed by atoms with Gasteiger partial charge in [-0.25, -0.2) is 4.79 Å². The zero-order chi connectivity index (χ0) is 26.5. The van der Waals surface area contributed by atoms with Gasteiger partial charge in [-0.15, -0.1) is 0 Å². The monoisotopic (exact) mass is 490 g/mol. The summed E-state index contributed by atoms with van der Waals surface area (Å²) in [6.07, 6.45) is 0.901. The summed E-state index contributed by atoms with van der Waals surface area (Å²) in [5.74, 6) is -1.72. The van der Waals surface area contributed by atoms with E-state index in [9.17, 15) is 24.3 Å². The number of nitrogens with zero attached hydrogens (tertiary/aromatic N) is 1. The van der Waals surface area contributed by atoms with Crippen LogP contribution in [0.5, 0.6) is 5.75 Å². The molecule has 0 aromatic heterocycles. The van der Waals surface area contributed by atoms with Gasteiger partial charge < -0.3 is 31.1 Å². The van der Waals surface area contributed by atoms with Crippen LogP contribution in [-0.4, -0.2) is 57.5 Å². The van der Waals surface area contributed by atoms with Gasteiger partial charge in [0.2, 0.25) is 17.7 Å². The number of phenolic OH excluding ortho intramolecular Hbond substituents is 1. The Morgan fingerprint density at radius 1 is 1.17 bits per heavy atom. The molecule has 1 saturated carbocycles. The molecule has 1 fully saturated rings. The second kappa shape index (κ2) is 11.4. The van der Waals surface area contributed by atoms with Gasteiger partial charge in [0.05, 0.1) is 6.42 Å². The molecule has 0 spiro atoms. The van der Waals surface area contributed by atoms with E-state index in [1.165, 1.54) is 11.0 Å². The van der Waals surface area contributed by atoms with Gasteiger partial charge in [0, 0.05) is 12.1 Å². The van der Waals surface area contributed by atoms with Crippen LogP contribution in [0.4, 0.5) is 4.79 Å². The molecule has 1 aromatic rings. The molecule has 0 saturated heterocycles. The maximum Gasteiger partial charge on any atom is 0.408 e. The molecule has 1 aliphatic carbocycles. The molecule has 10 nitrogen and oxygen atoms in total. The number of rotatable bonds is 9. The van der Waals surface area contributed by atoms with Crippen LogP contribution in [-0.2, 0) is 19.1 Å². The summed E-state index contributed by atoms with van der Waals surface area (Å²) in [6.45, 7) is 10.4. The lowest BCUT2D eigenvalue weighted by atomic mass is 9.87. The van der Waals surface area contributed by atoms with Gasteiger partial charge in [-0.2, -0.15) is 0 Å². The van der Waals surface area contributed by atoms with Crippen LogP contribution < -0.4 is 16.4 Å². The number of benzene rings is 1. The number of phenols is 1. The molecular weight excluding hydrogens is 452 g/mol. The highest BCUT2D eigenvalue weighted by atomic mass is 16.6. The molecule has 10 heteroatoms. The van der Waals surface area contributed by atoms with E-state index in [1.807, 2.05) is 13.8 Å². The van der Waals surface area contributed by atoms with Gasteiger partial charge in [0.15, 0.2) is 0 Å². The average Bonchev–Trinajstić information content (AvgIpc) is 2.65. The first kappa shape index (κ1) is 27.9. The number of primary amides is 1. The van der Waals surface area contributed by atoms with Crippen molar-refractivity contribution >= 4 is 23.8 Å². The highest BCUT2D eigenvalue weighted by Gasteiger charge is 2.42. The van der Waals surface area contributed by atoms with E-state index in [-0.39, 0.29) is 17.8 Å². The Morgan fingerprint density at radius 2 is 1.80 bits per heavy atom. The molecule has 0 bridgehead atoms. The number of hydrogen-bond donors (Lipinski definition) is 4. The highest BCUT2D eigenvalue weighted by Crippen LogP contribution is 2.35. The summed E-state index contributed by atoms with van der Waals surface area (Å²) >= 11 is 0. The molecule has 2 rings (SSSR count). The minimum absolute atomic E-state index is 0.0662. The zero-order valence-corrected chi connectivity index (χ0v) is 21.4. The van der Waals surface area contributed by atoms with Crippen LogP contribution in [0.3, 0.4) is 0 Å². The van der Waals surface area contributed by atoms with Crippen molar-refractivity contribution in [3.8, 4) is 5.75 Å². The Morgan fingerprint density at radius 3 is 2.26 bits per heavy atom. The molecule has 1 aromatic carbocycles. The predicted octanol–water partition coefficient (Wildman–Crippen LogP) is 2.42. The summed E-state index contributed by atoms with van der Waals surface area (Å²) in [6, 6.07) is 1.92. The number of carbonyl (C=O) groups is 4. The van der Waals surface area contributed by atoms with Gasteiger partial charge in [-0.3, -0.25) is 14.4 Å². The molecule has 2 atom stereocenters. The predicted molar refractivity (Wildman–Crippen MR) is 130 cm³/mol. The number of nitrogens with one attached hydrogen (secondary N) is 2. The lowest BCUT2D eigenvalue weighted by Gasteiger charge is -2.43. The molecule has 35 heavy (non-hydrogen) atoms. The first-order valence-electron chi connectivity index (χ1n) is 11.9. The van der Waals surface area contributed by atoms with Crippen molar-refractivity contribution in [3.63, 3.8) is 0 Å². The molecule has 5 N–H and O–H groups in total. The molecule has 2 unspecified atom stereocenters.